The van der Waals surface area contributed by atoms with Crippen molar-refractivity contribution in [3.8, 4) is 0 Å². The smallest absolute Gasteiger partial charge is 0.305 e. The molecular weight excluding hydrogens is 305 g/mol. The van der Waals surface area contributed by atoms with E-state index in [4.69, 9.17) is 22.4 Å². The van der Waals surface area contributed by atoms with Crippen LogP contribution in [-0.2, 0) is 4.79 Å². The van der Waals surface area contributed by atoms with Crippen molar-refractivity contribution in [3.63, 3.8) is 0 Å². The van der Waals surface area contributed by atoms with Gasteiger partial charge < -0.3 is 10.8 Å². The molecule has 0 heterocycles. The van der Waals surface area contributed by atoms with E-state index in [1.807, 2.05) is 0 Å². The fraction of sp³-hybridized carbons (Fsp3) is 0.222. The minimum absolute atomic E-state index is 0. The van der Waals surface area contributed by atoms with E-state index in [1.165, 1.54) is 0 Å². The third-order valence-corrected chi connectivity index (χ3v) is 2.98. The van der Waals surface area contributed by atoms with E-state index in [-0.39, 0.29) is 18.8 Å². The van der Waals surface area contributed by atoms with Gasteiger partial charge in [0.05, 0.1) is 11.4 Å². The van der Waals surface area contributed by atoms with Crippen LogP contribution in [0.3, 0.4) is 0 Å². The Morgan fingerprint density at radius 1 is 1.60 bits per heavy atom. The maximum absolute atomic E-state index is 10.4. The zero-order chi connectivity index (χ0) is 10.7. The zero-order valence-electron chi connectivity index (χ0n) is 7.61. The molecular formula is C9H10BrCl2NO2. The molecule has 0 unspecified atom stereocenters. The molecule has 15 heavy (non-hydrogen) atoms. The fourth-order valence-electron chi connectivity index (χ4n) is 1.05. The Balaban J connectivity index is 0.00000196. The molecule has 0 saturated heterocycles. The highest BCUT2D eigenvalue weighted by Crippen LogP contribution is 2.26. The highest BCUT2D eigenvalue weighted by molar-refractivity contribution is 9.10. The number of carboxylic acids is 1. The van der Waals surface area contributed by atoms with Crippen LogP contribution < -0.4 is 5.73 Å². The van der Waals surface area contributed by atoms with Gasteiger partial charge in [0.2, 0.25) is 0 Å². The van der Waals surface area contributed by atoms with E-state index in [0.717, 1.165) is 10.0 Å². The standard InChI is InChI=1S/C9H9BrClNO2.ClH/c10-6-3-5(1-2-7(6)11)8(12)4-9(13)14;/h1-3,8H,4,12H2,(H,13,14);1H/t8-;/m0./s1. The molecule has 0 radical (unpaired) electrons. The lowest BCUT2D eigenvalue weighted by Crippen LogP contribution is -2.14. The van der Waals surface area contributed by atoms with Crippen LogP contribution in [-0.4, -0.2) is 11.1 Å². The average molecular weight is 315 g/mol. The van der Waals surface area contributed by atoms with Gasteiger partial charge in [-0.05, 0) is 33.6 Å². The predicted molar refractivity (Wildman–Crippen MR) is 65.6 cm³/mol. The average Bonchev–Trinajstić information content (AvgIpc) is 2.08. The monoisotopic (exact) mass is 313 g/mol. The molecule has 1 atom stereocenters. The van der Waals surface area contributed by atoms with E-state index in [0.29, 0.717) is 5.02 Å². The van der Waals surface area contributed by atoms with Crippen molar-refractivity contribution in [1.82, 2.24) is 0 Å². The first-order chi connectivity index (χ1) is 6.50. The molecule has 0 saturated carbocycles. The van der Waals surface area contributed by atoms with E-state index < -0.39 is 12.0 Å². The molecule has 1 rings (SSSR count). The number of nitrogens with two attached hydrogens (primary N) is 1. The summed E-state index contributed by atoms with van der Waals surface area (Å²) in [5, 5.41) is 9.13. The second kappa shape index (κ2) is 6.33. The number of hydrogen-bond acceptors (Lipinski definition) is 2. The summed E-state index contributed by atoms with van der Waals surface area (Å²) < 4.78 is 0.720. The van der Waals surface area contributed by atoms with Crippen molar-refractivity contribution in [1.29, 1.82) is 0 Å². The maximum atomic E-state index is 10.4. The van der Waals surface area contributed by atoms with Crippen molar-refractivity contribution >= 4 is 45.9 Å². The number of halogens is 3. The Labute approximate surface area is 107 Å². The van der Waals surface area contributed by atoms with E-state index in [9.17, 15) is 4.79 Å². The second-order valence-corrected chi connectivity index (χ2v) is 4.14. The lowest BCUT2D eigenvalue weighted by Gasteiger charge is -2.09. The van der Waals surface area contributed by atoms with Crippen molar-refractivity contribution in [2.75, 3.05) is 0 Å². The highest BCUT2D eigenvalue weighted by Gasteiger charge is 2.11. The minimum Gasteiger partial charge on any atom is -0.481 e. The molecule has 0 aliphatic carbocycles. The summed E-state index contributed by atoms with van der Waals surface area (Å²) in [4.78, 5) is 10.4. The molecule has 0 bridgehead atoms. The summed E-state index contributed by atoms with van der Waals surface area (Å²) in [7, 11) is 0. The van der Waals surface area contributed by atoms with Crippen LogP contribution in [0.2, 0.25) is 5.02 Å². The SMILES string of the molecule is Cl.N[C@@H](CC(=O)O)c1ccc(Cl)c(Br)c1. The van der Waals surface area contributed by atoms with Crippen LogP contribution in [0.15, 0.2) is 22.7 Å². The molecule has 6 heteroatoms. The quantitative estimate of drug-likeness (QED) is 0.901. The molecule has 0 fully saturated rings. The maximum Gasteiger partial charge on any atom is 0.305 e. The molecule has 3 nitrogen and oxygen atoms in total. The third-order valence-electron chi connectivity index (χ3n) is 1.77. The molecule has 1 aromatic rings. The summed E-state index contributed by atoms with van der Waals surface area (Å²) >= 11 is 9.03. The van der Waals surface area contributed by atoms with Gasteiger partial charge in [-0.1, -0.05) is 17.7 Å². The topological polar surface area (TPSA) is 63.3 Å². The Kier molecular flexibility index (Phi) is 6.20. The predicted octanol–water partition coefficient (Wildman–Crippen LogP) is 3.00. The fourth-order valence-corrected chi connectivity index (χ4v) is 1.56. The lowest BCUT2D eigenvalue weighted by atomic mass is 10.1. The summed E-state index contributed by atoms with van der Waals surface area (Å²) in [6.07, 6.45) is -0.0892. The lowest BCUT2D eigenvalue weighted by molar-refractivity contribution is -0.137. The minimum atomic E-state index is -0.913. The number of carboxylic acid groups (broad SMARTS) is 1. The van der Waals surface area contributed by atoms with Gasteiger partial charge in [0.1, 0.15) is 0 Å². The molecule has 0 amide bonds. The Bertz CT molecular complexity index is 360. The molecule has 0 aliphatic rings. The Morgan fingerprint density at radius 3 is 2.67 bits per heavy atom. The normalized spacial score (nSPS) is 11.7. The van der Waals surface area contributed by atoms with Crippen LogP contribution in [0.4, 0.5) is 0 Å². The summed E-state index contributed by atoms with van der Waals surface area (Å²) in [6, 6.07) is 4.64. The van der Waals surface area contributed by atoms with Gasteiger partial charge in [-0.3, -0.25) is 4.79 Å². The molecule has 84 valence electrons. The number of hydrogen-bond donors (Lipinski definition) is 2. The third kappa shape index (κ3) is 4.38. The highest BCUT2D eigenvalue weighted by atomic mass is 79.9. The molecule has 1 aromatic carbocycles. The van der Waals surface area contributed by atoms with Gasteiger partial charge in [-0.25, -0.2) is 0 Å². The number of benzene rings is 1. The first-order valence-electron chi connectivity index (χ1n) is 3.93. The molecule has 0 aromatic heterocycles. The zero-order valence-corrected chi connectivity index (χ0v) is 10.8. The van der Waals surface area contributed by atoms with Gasteiger partial charge in [0.15, 0.2) is 0 Å². The Morgan fingerprint density at radius 2 is 2.20 bits per heavy atom. The summed E-state index contributed by atoms with van der Waals surface area (Å²) in [6.45, 7) is 0. The summed E-state index contributed by atoms with van der Waals surface area (Å²) in [5.41, 5.74) is 6.42. The summed E-state index contributed by atoms with van der Waals surface area (Å²) in [5.74, 6) is -0.913. The van der Waals surface area contributed by atoms with Crippen molar-refractivity contribution in [3.05, 3.63) is 33.3 Å². The molecule has 0 aliphatic heterocycles. The largest absolute Gasteiger partial charge is 0.481 e. The van der Waals surface area contributed by atoms with Crippen molar-refractivity contribution in [2.24, 2.45) is 5.73 Å². The van der Waals surface area contributed by atoms with E-state index in [1.54, 1.807) is 18.2 Å². The first-order valence-corrected chi connectivity index (χ1v) is 5.10. The van der Waals surface area contributed by atoms with Gasteiger partial charge in [0, 0.05) is 10.5 Å². The van der Waals surface area contributed by atoms with Crippen LogP contribution in [0.25, 0.3) is 0 Å². The van der Waals surface area contributed by atoms with E-state index in [2.05, 4.69) is 15.9 Å². The van der Waals surface area contributed by atoms with E-state index >= 15 is 0 Å². The van der Waals surface area contributed by atoms with Crippen LogP contribution in [0.1, 0.15) is 18.0 Å². The van der Waals surface area contributed by atoms with Gasteiger partial charge in [0.25, 0.3) is 0 Å². The Hall–Kier alpha value is -0.290. The number of carbonyl (C=O) groups is 1. The molecule has 3 N–H and O–H groups in total. The first kappa shape index (κ1) is 14.7. The van der Waals surface area contributed by atoms with Gasteiger partial charge >= 0.3 is 5.97 Å². The van der Waals surface area contributed by atoms with Crippen LogP contribution >= 0.6 is 39.9 Å². The number of rotatable bonds is 3. The van der Waals surface area contributed by atoms with Crippen molar-refractivity contribution < 1.29 is 9.90 Å². The molecule has 0 spiro atoms. The van der Waals surface area contributed by atoms with Crippen molar-refractivity contribution in [2.45, 2.75) is 12.5 Å². The number of aliphatic carboxylic acids is 1. The van der Waals surface area contributed by atoms with Gasteiger partial charge in [-0.15, -0.1) is 12.4 Å². The van der Waals surface area contributed by atoms with Crippen LogP contribution in [0.5, 0.6) is 0 Å². The van der Waals surface area contributed by atoms with Crippen LogP contribution in [0, 0.1) is 0 Å². The second-order valence-electron chi connectivity index (χ2n) is 2.88. The van der Waals surface area contributed by atoms with Gasteiger partial charge in [-0.2, -0.15) is 0 Å².